The lowest BCUT2D eigenvalue weighted by Crippen LogP contribution is -2.51. The Hall–Kier alpha value is -4.17. The summed E-state index contributed by atoms with van der Waals surface area (Å²) in [6.45, 7) is -0.874. The summed E-state index contributed by atoms with van der Waals surface area (Å²) in [7, 11) is -2.01. The van der Waals surface area contributed by atoms with E-state index in [9.17, 15) is 26.6 Å². The fourth-order valence-electron chi connectivity index (χ4n) is 6.11. The van der Waals surface area contributed by atoms with Gasteiger partial charge in [-0.1, -0.05) is 5.57 Å². The molecule has 0 aliphatic heterocycles. The summed E-state index contributed by atoms with van der Waals surface area (Å²) in [6.07, 6.45) is 3.76. The highest BCUT2D eigenvalue weighted by atomic mass is 32.2. The normalized spacial score (nSPS) is 21.3. The summed E-state index contributed by atoms with van der Waals surface area (Å²) in [5.41, 5.74) is 1.25. The topological polar surface area (TPSA) is 98.8 Å². The molecular weight excluding hydrogens is 586 g/mol. The van der Waals surface area contributed by atoms with Gasteiger partial charge in [0.25, 0.3) is 6.43 Å². The van der Waals surface area contributed by atoms with Crippen LogP contribution in [0.15, 0.2) is 65.8 Å². The van der Waals surface area contributed by atoms with Crippen molar-refractivity contribution in [3.63, 3.8) is 0 Å². The van der Waals surface area contributed by atoms with Gasteiger partial charge in [0.1, 0.15) is 23.7 Å². The summed E-state index contributed by atoms with van der Waals surface area (Å²) in [4.78, 5) is 22.5. The standard InChI is InChI=1S/C29H27F4N7O2S/c1-38-17-35-28(37-38)43(2,42)39(16-26(32)33)23-6-3-19-11-25-18(15-36-40(25)22-7-4-20(30)5-8-22)13-29(19,14-23)27(41)24-12-21(31)9-10-34-24/h4-5,7-12,15,17,23,26H,2-3,6,13-14,16H2,1H3/t23-,29-,43?/m0/s1. The Morgan fingerprint density at radius 3 is 2.63 bits per heavy atom. The molecule has 14 heteroatoms. The Bertz CT molecular complexity index is 1830. The number of hydrogen-bond donors (Lipinski definition) is 0. The second-order valence-corrected chi connectivity index (χ2v) is 12.9. The first kappa shape index (κ1) is 28.9. The van der Waals surface area contributed by atoms with Crippen molar-refractivity contribution in [3.05, 3.63) is 89.3 Å². The molecule has 1 fully saturated rings. The molecule has 3 heterocycles. The number of Topliss-reactive ketones (excluding diaryl/α,β-unsaturated/α-hetero) is 1. The van der Waals surface area contributed by atoms with E-state index in [1.807, 2.05) is 6.08 Å². The second-order valence-electron chi connectivity index (χ2n) is 10.8. The first-order valence-electron chi connectivity index (χ1n) is 13.5. The molecule has 0 bridgehead atoms. The van der Waals surface area contributed by atoms with Gasteiger partial charge in [-0.3, -0.25) is 14.5 Å². The summed E-state index contributed by atoms with van der Waals surface area (Å²) in [6, 6.07) is 7.20. The van der Waals surface area contributed by atoms with Gasteiger partial charge in [0.2, 0.25) is 5.16 Å². The average Bonchev–Trinajstić information content (AvgIpc) is 3.60. The predicted octanol–water partition coefficient (Wildman–Crippen LogP) is 4.29. The maximum absolute atomic E-state index is 14.3. The molecule has 1 saturated carbocycles. The van der Waals surface area contributed by atoms with Gasteiger partial charge in [-0.25, -0.2) is 35.7 Å². The lowest BCUT2D eigenvalue weighted by atomic mass is 9.60. The van der Waals surface area contributed by atoms with Crippen molar-refractivity contribution in [2.45, 2.75) is 43.3 Å². The van der Waals surface area contributed by atoms with Gasteiger partial charge in [0.15, 0.2) is 5.78 Å². The highest BCUT2D eigenvalue weighted by molar-refractivity contribution is 7.98. The monoisotopic (exact) mass is 613 g/mol. The number of alkyl halides is 2. The van der Waals surface area contributed by atoms with Gasteiger partial charge in [-0.15, -0.1) is 5.10 Å². The Morgan fingerprint density at radius 1 is 1.19 bits per heavy atom. The fraction of sp³-hybridized carbons (Fsp3) is 0.310. The van der Waals surface area contributed by atoms with E-state index in [0.717, 1.165) is 16.4 Å². The van der Waals surface area contributed by atoms with Crippen molar-refractivity contribution in [2.24, 2.45) is 12.5 Å². The molecule has 1 unspecified atom stereocenters. The van der Waals surface area contributed by atoms with Crippen molar-refractivity contribution < 1.29 is 26.6 Å². The molecule has 1 aromatic carbocycles. The molecule has 2 aliphatic rings. The van der Waals surface area contributed by atoms with Crippen molar-refractivity contribution in [2.75, 3.05) is 6.54 Å². The molecule has 2 aliphatic carbocycles. The van der Waals surface area contributed by atoms with Gasteiger partial charge in [-0.05, 0) is 73.5 Å². The zero-order valence-corrected chi connectivity index (χ0v) is 23.9. The number of aromatic nitrogens is 6. The number of halogens is 4. The number of aryl methyl sites for hydroxylation is 1. The third-order valence-corrected chi connectivity index (χ3v) is 10.0. The van der Waals surface area contributed by atoms with E-state index in [4.69, 9.17) is 0 Å². The van der Waals surface area contributed by atoms with E-state index >= 15 is 0 Å². The van der Waals surface area contributed by atoms with Gasteiger partial charge < -0.3 is 0 Å². The Morgan fingerprint density at radius 2 is 1.95 bits per heavy atom. The molecule has 0 saturated heterocycles. The Labute approximate surface area is 245 Å². The molecule has 4 aromatic rings. The maximum Gasteiger partial charge on any atom is 0.252 e. The summed E-state index contributed by atoms with van der Waals surface area (Å²) < 4.78 is 73.9. The predicted molar refractivity (Wildman–Crippen MR) is 151 cm³/mol. The van der Waals surface area contributed by atoms with Crippen molar-refractivity contribution >= 4 is 27.4 Å². The minimum absolute atomic E-state index is 0.0108. The Kier molecular flexibility index (Phi) is 7.29. The molecule has 0 radical (unpaired) electrons. The Balaban J connectivity index is 1.45. The molecular formula is C29H27F4N7O2S. The number of allylic oxidation sites excluding steroid dienone is 1. The van der Waals surface area contributed by atoms with Gasteiger partial charge in [0, 0.05) is 25.4 Å². The van der Waals surface area contributed by atoms with Crippen LogP contribution in [0.2, 0.25) is 0 Å². The number of carbonyl (C=O) groups is 1. The number of carbonyl (C=O) groups excluding carboxylic acids is 1. The highest BCUT2D eigenvalue weighted by Gasteiger charge is 2.51. The summed E-state index contributed by atoms with van der Waals surface area (Å²) >= 11 is 0. The van der Waals surface area contributed by atoms with Gasteiger partial charge >= 0.3 is 0 Å². The first-order valence-corrected chi connectivity index (χ1v) is 15.1. The van der Waals surface area contributed by atoms with Crippen molar-refractivity contribution in [3.8, 4) is 5.69 Å². The molecule has 3 aromatic heterocycles. The van der Waals surface area contributed by atoms with Gasteiger partial charge in [-0.2, -0.15) is 5.10 Å². The van der Waals surface area contributed by atoms with E-state index in [-0.39, 0.29) is 36.5 Å². The average molecular weight is 614 g/mol. The van der Waals surface area contributed by atoms with Crippen LogP contribution in [-0.2, 0) is 23.2 Å². The van der Waals surface area contributed by atoms with E-state index in [1.165, 1.54) is 29.3 Å². The van der Waals surface area contributed by atoms with Crippen LogP contribution in [0.1, 0.15) is 41.0 Å². The molecule has 3 atom stereocenters. The number of ketones is 1. The van der Waals surface area contributed by atoms with Crippen LogP contribution in [0.3, 0.4) is 0 Å². The number of hydrogen-bond acceptors (Lipinski definition) is 6. The zero-order valence-electron chi connectivity index (χ0n) is 23.0. The van der Waals surface area contributed by atoms with Crippen LogP contribution >= 0.6 is 0 Å². The number of benzene rings is 1. The molecule has 0 N–H and O–H groups in total. The largest absolute Gasteiger partial charge is 0.291 e. The van der Waals surface area contributed by atoms with Crippen LogP contribution in [0.4, 0.5) is 17.6 Å². The SMILES string of the molecule is C=S(=O)(c1ncn(C)n1)N(CC(F)F)[C@H]1CCC2=Cc3c(cnn3-c3ccc(F)cc3)C[C@]2(C(=O)c2cc(F)ccn2)C1. The number of rotatable bonds is 8. The van der Waals surface area contributed by atoms with E-state index in [1.54, 1.807) is 30.1 Å². The van der Waals surface area contributed by atoms with E-state index in [2.05, 4.69) is 26.0 Å². The summed E-state index contributed by atoms with van der Waals surface area (Å²) in [5, 5.41) is 8.38. The number of pyridine rings is 1. The lowest BCUT2D eigenvalue weighted by Gasteiger charge is -2.47. The smallest absolute Gasteiger partial charge is 0.252 e. The fourth-order valence-corrected chi connectivity index (χ4v) is 7.80. The van der Waals surface area contributed by atoms with Gasteiger partial charge in [0.05, 0.1) is 39.2 Å². The number of fused-ring (bicyclic) bond motifs is 2. The molecule has 0 amide bonds. The highest BCUT2D eigenvalue weighted by Crippen LogP contribution is 2.51. The van der Waals surface area contributed by atoms with Crippen LogP contribution < -0.4 is 0 Å². The number of nitrogens with zero attached hydrogens (tertiary/aromatic N) is 7. The zero-order chi connectivity index (χ0) is 30.5. The summed E-state index contributed by atoms with van der Waals surface area (Å²) in [5.74, 6) is 2.26. The second kappa shape index (κ2) is 10.8. The maximum atomic E-state index is 14.3. The molecule has 6 rings (SSSR count). The van der Waals surface area contributed by atoms with Crippen LogP contribution in [0.5, 0.6) is 0 Å². The minimum atomic E-state index is -3.58. The quantitative estimate of drug-likeness (QED) is 0.167. The third kappa shape index (κ3) is 5.18. The van der Waals surface area contributed by atoms with Crippen molar-refractivity contribution in [1.82, 2.24) is 33.8 Å². The molecule has 0 spiro atoms. The molecule has 224 valence electrons. The molecule has 43 heavy (non-hydrogen) atoms. The lowest BCUT2D eigenvalue weighted by molar-refractivity contribution is 0.0665. The van der Waals surface area contributed by atoms with Crippen LogP contribution in [0.25, 0.3) is 11.8 Å². The minimum Gasteiger partial charge on any atom is -0.291 e. The first-order chi connectivity index (χ1) is 20.5. The van der Waals surface area contributed by atoms with Crippen LogP contribution in [0, 0.1) is 17.0 Å². The van der Waals surface area contributed by atoms with E-state index in [0.29, 0.717) is 22.5 Å². The molecule has 9 nitrogen and oxygen atoms in total. The van der Waals surface area contributed by atoms with Crippen LogP contribution in [-0.4, -0.2) is 68.7 Å². The van der Waals surface area contributed by atoms with Crippen molar-refractivity contribution in [1.29, 1.82) is 0 Å². The van der Waals surface area contributed by atoms with E-state index < -0.39 is 51.6 Å². The third-order valence-electron chi connectivity index (χ3n) is 8.06.